The van der Waals surface area contributed by atoms with Gasteiger partial charge in [-0.25, -0.2) is 0 Å². The van der Waals surface area contributed by atoms with Crippen molar-refractivity contribution in [2.45, 2.75) is 0 Å². The minimum absolute atomic E-state index is 0.0475. The van der Waals surface area contributed by atoms with Crippen LogP contribution in [0.15, 0.2) is 0 Å². The molecular formula is C4H7N2O+. The maximum atomic E-state index is 10.3. The van der Waals surface area contributed by atoms with Gasteiger partial charge in [-0.15, -0.1) is 0 Å². The van der Waals surface area contributed by atoms with Crippen LogP contribution in [0.3, 0.4) is 0 Å². The van der Waals surface area contributed by atoms with Gasteiger partial charge in [0.1, 0.15) is 0 Å². The molecule has 1 rings (SSSR count). The summed E-state index contributed by atoms with van der Waals surface area (Å²) in [4.78, 5) is 10.3. The molecule has 1 aliphatic rings. The van der Waals surface area contributed by atoms with Crippen molar-refractivity contribution in [3.8, 4) is 0 Å². The Kier molecular flexibility index (Phi) is 1.26. The highest BCUT2D eigenvalue weighted by atomic mass is 16.2. The number of carbonyl (C=O) groups excluding carboxylic acids is 1. The van der Waals surface area contributed by atoms with Gasteiger partial charge < -0.3 is 5.32 Å². The molecule has 0 spiro atoms. The Hall–Kier alpha value is -0.570. The fraction of sp³-hybridized carbons (Fsp3) is 0.750. The number of carbonyl (C=O) groups is 1. The monoisotopic (exact) mass is 99.1 g/mol. The molecule has 1 heterocycles. The van der Waals surface area contributed by atoms with Crippen molar-refractivity contribution < 1.29 is 4.79 Å². The minimum atomic E-state index is 0.0475. The normalized spacial score (nSPS) is 21.4. The molecule has 7 heavy (non-hydrogen) atoms. The van der Waals surface area contributed by atoms with Gasteiger partial charge in [0.15, 0.2) is 0 Å². The second-order valence-electron chi connectivity index (χ2n) is 1.46. The van der Waals surface area contributed by atoms with E-state index in [1.807, 2.05) is 0 Å². The summed E-state index contributed by atoms with van der Waals surface area (Å²) in [6, 6.07) is 0. The molecule has 0 unspecified atom stereocenters. The Morgan fingerprint density at radius 2 is 2.57 bits per heavy atom. The average Bonchev–Trinajstić information content (AvgIpc) is 1.69. The quantitative estimate of drug-likeness (QED) is 0.404. The van der Waals surface area contributed by atoms with Crippen LogP contribution in [0.25, 0.3) is 0 Å². The van der Waals surface area contributed by atoms with Gasteiger partial charge in [-0.05, 0) is 0 Å². The zero-order valence-electron chi connectivity index (χ0n) is 3.98. The summed E-state index contributed by atoms with van der Waals surface area (Å²) >= 11 is 0. The molecule has 0 aromatic rings. The first-order valence-electron chi connectivity index (χ1n) is 2.29. The molecule has 38 valence electrons. The highest BCUT2D eigenvalue weighted by molar-refractivity contribution is 5.78. The number of piperazine rings is 1. The Labute approximate surface area is 42.1 Å². The number of hydrogen-bond acceptors (Lipinski definition) is 1. The van der Waals surface area contributed by atoms with E-state index < -0.39 is 0 Å². The molecule has 3 nitrogen and oxygen atoms in total. The van der Waals surface area contributed by atoms with E-state index in [9.17, 15) is 4.79 Å². The maximum absolute atomic E-state index is 10.3. The first-order valence-corrected chi connectivity index (χ1v) is 2.29. The maximum Gasteiger partial charge on any atom is 0.286 e. The molecule has 0 saturated carbocycles. The summed E-state index contributed by atoms with van der Waals surface area (Å²) in [5, 5.41) is 6.50. The minimum Gasteiger partial charge on any atom is -0.345 e. The van der Waals surface area contributed by atoms with Crippen LogP contribution in [0.2, 0.25) is 0 Å². The van der Waals surface area contributed by atoms with Crippen molar-refractivity contribution in [1.82, 2.24) is 10.6 Å². The summed E-state index contributed by atoms with van der Waals surface area (Å²) < 4.78 is 0. The zero-order valence-corrected chi connectivity index (χ0v) is 3.98. The number of nitrogens with one attached hydrogen (secondary N) is 1. The van der Waals surface area contributed by atoms with Crippen LogP contribution < -0.4 is 10.6 Å². The average molecular weight is 99.1 g/mol. The third-order valence-electron chi connectivity index (χ3n) is 0.847. The van der Waals surface area contributed by atoms with Crippen LogP contribution in [0, 0.1) is 0 Å². The number of hydrogen-bond donors (Lipinski definition) is 1. The van der Waals surface area contributed by atoms with Gasteiger partial charge in [0.25, 0.3) is 12.5 Å². The molecule has 1 amide bonds. The lowest BCUT2D eigenvalue weighted by molar-refractivity contribution is -0.121. The SMILES string of the molecule is O=C1C[N+]CCN1. The Bertz CT molecular complexity index is 73.8. The summed E-state index contributed by atoms with van der Waals surface area (Å²) in [6.45, 7) is 1.87. The summed E-state index contributed by atoms with van der Waals surface area (Å²) in [6.07, 6.45) is 0. The van der Waals surface area contributed by atoms with Crippen molar-refractivity contribution in [3.05, 3.63) is 0 Å². The number of nitrogens with zero attached hydrogens (tertiary/aromatic N) is 1. The van der Waals surface area contributed by atoms with Gasteiger partial charge in [-0.2, -0.15) is 0 Å². The summed E-state index contributed by atoms with van der Waals surface area (Å²) in [5.41, 5.74) is 0. The molecule has 2 radical (unpaired) electrons. The topological polar surface area (TPSA) is 43.2 Å². The molecule has 1 aliphatic heterocycles. The van der Waals surface area contributed by atoms with Crippen molar-refractivity contribution >= 4 is 5.91 Å². The van der Waals surface area contributed by atoms with Crippen LogP contribution in [0.1, 0.15) is 0 Å². The van der Waals surface area contributed by atoms with Crippen LogP contribution in [0.5, 0.6) is 0 Å². The number of amides is 1. The first-order chi connectivity index (χ1) is 3.39. The Morgan fingerprint density at radius 1 is 1.71 bits per heavy atom. The lowest BCUT2D eigenvalue weighted by atomic mass is 10.4. The Balaban J connectivity index is 2.25. The molecule has 0 atom stereocenters. The molecule has 1 saturated heterocycles. The molecule has 0 aromatic carbocycles. The first kappa shape index (κ1) is 4.59. The molecule has 0 bridgehead atoms. The molecule has 3 heteroatoms. The fourth-order valence-corrected chi connectivity index (χ4v) is 0.511. The van der Waals surface area contributed by atoms with Crippen molar-refractivity contribution in [1.29, 1.82) is 0 Å². The van der Waals surface area contributed by atoms with E-state index in [-0.39, 0.29) is 5.91 Å². The molecular weight excluding hydrogens is 92.1 g/mol. The largest absolute Gasteiger partial charge is 0.345 e. The van der Waals surface area contributed by atoms with E-state index in [4.69, 9.17) is 0 Å². The van der Waals surface area contributed by atoms with Gasteiger partial charge in [0, 0.05) is 0 Å². The van der Waals surface area contributed by atoms with Crippen LogP contribution in [-0.2, 0) is 4.79 Å². The molecule has 0 aliphatic carbocycles. The van der Waals surface area contributed by atoms with Crippen molar-refractivity contribution in [2.24, 2.45) is 0 Å². The highest BCUT2D eigenvalue weighted by Gasteiger charge is 2.16. The summed E-state index contributed by atoms with van der Waals surface area (Å²) in [7, 11) is 0. The lowest BCUT2D eigenvalue weighted by Gasteiger charge is -1.99. The number of rotatable bonds is 0. The standard InChI is InChI=1S/C4H7N2O/c7-4-3-5-1-2-6-4/h1-3H2,(H,6,7)/q+1. The van der Waals surface area contributed by atoms with Crippen molar-refractivity contribution in [3.63, 3.8) is 0 Å². The lowest BCUT2D eigenvalue weighted by Crippen LogP contribution is -2.40. The van der Waals surface area contributed by atoms with E-state index in [1.165, 1.54) is 0 Å². The van der Waals surface area contributed by atoms with Crippen molar-refractivity contribution in [2.75, 3.05) is 19.6 Å². The third kappa shape index (κ3) is 1.16. The second-order valence-corrected chi connectivity index (χ2v) is 1.46. The zero-order chi connectivity index (χ0) is 5.11. The van der Waals surface area contributed by atoms with Gasteiger partial charge >= 0.3 is 0 Å². The van der Waals surface area contributed by atoms with E-state index in [1.54, 1.807) is 0 Å². The molecule has 0 aromatic heterocycles. The Morgan fingerprint density at radius 3 is 2.86 bits per heavy atom. The molecule has 1 N–H and O–H groups in total. The van der Waals surface area contributed by atoms with Gasteiger partial charge in [-0.3, -0.25) is 4.79 Å². The fourth-order valence-electron chi connectivity index (χ4n) is 0.511. The van der Waals surface area contributed by atoms with Gasteiger partial charge in [-0.1, -0.05) is 0 Å². The van der Waals surface area contributed by atoms with E-state index in [2.05, 4.69) is 10.6 Å². The van der Waals surface area contributed by atoms with Gasteiger partial charge in [0.2, 0.25) is 6.54 Å². The van der Waals surface area contributed by atoms with E-state index >= 15 is 0 Å². The predicted octanol–water partition coefficient (Wildman–Crippen LogP) is -1.28. The van der Waals surface area contributed by atoms with Crippen LogP contribution >= 0.6 is 0 Å². The highest BCUT2D eigenvalue weighted by Crippen LogP contribution is 1.72. The summed E-state index contributed by atoms with van der Waals surface area (Å²) in [5.74, 6) is 0.0475. The molecule has 1 fully saturated rings. The smallest absolute Gasteiger partial charge is 0.286 e. The third-order valence-corrected chi connectivity index (χ3v) is 0.847. The van der Waals surface area contributed by atoms with Crippen LogP contribution in [0.4, 0.5) is 0 Å². The van der Waals surface area contributed by atoms with E-state index in [0.29, 0.717) is 6.54 Å². The van der Waals surface area contributed by atoms with E-state index in [0.717, 1.165) is 13.1 Å². The van der Waals surface area contributed by atoms with Crippen LogP contribution in [-0.4, -0.2) is 25.5 Å². The second kappa shape index (κ2) is 1.93. The van der Waals surface area contributed by atoms with Gasteiger partial charge in [0.05, 0.1) is 11.9 Å². The predicted molar refractivity (Wildman–Crippen MR) is 24.9 cm³/mol.